The minimum atomic E-state index is 0.00472. The first-order valence-electron chi connectivity index (χ1n) is 7.01. The van der Waals surface area contributed by atoms with Crippen molar-refractivity contribution in [2.24, 2.45) is 0 Å². The van der Waals surface area contributed by atoms with E-state index >= 15 is 0 Å². The number of benzene rings is 1. The van der Waals surface area contributed by atoms with Gasteiger partial charge in [0.05, 0.1) is 12.9 Å². The average molecular weight is 282 g/mol. The lowest BCUT2D eigenvalue weighted by Crippen LogP contribution is -2.24. The molecule has 0 fully saturated rings. The predicted molar refractivity (Wildman–Crippen MR) is 82.0 cm³/mol. The Morgan fingerprint density at radius 2 is 2.19 bits per heavy atom. The Morgan fingerprint density at radius 3 is 2.95 bits per heavy atom. The first-order valence-corrected chi connectivity index (χ1v) is 7.01. The monoisotopic (exact) mass is 282 g/mol. The molecular formula is C16H18N4O. The van der Waals surface area contributed by atoms with Crippen LogP contribution in [-0.4, -0.2) is 26.6 Å². The maximum absolute atomic E-state index is 11.0. The van der Waals surface area contributed by atoms with Crippen LogP contribution in [0.5, 0.6) is 0 Å². The van der Waals surface area contributed by atoms with Gasteiger partial charge in [0.1, 0.15) is 0 Å². The first-order chi connectivity index (χ1) is 10.2. The van der Waals surface area contributed by atoms with Crippen molar-refractivity contribution in [1.82, 2.24) is 19.4 Å². The van der Waals surface area contributed by atoms with Crippen LogP contribution in [-0.2, 0) is 17.9 Å². The number of rotatable bonds is 5. The van der Waals surface area contributed by atoms with Gasteiger partial charge in [-0.2, -0.15) is 0 Å². The van der Waals surface area contributed by atoms with E-state index in [1.54, 1.807) is 6.20 Å². The van der Waals surface area contributed by atoms with E-state index in [4.69, 9.17) is 0 Å². The lowest BCUT2D eigenvalue weighted by atomic mass is 10.2. The van der Waals surface area contributed by atoms with E-state index in [1.807, 2.05) is 18.6 Å². The molecule has 0 atom stereocenters. The van der Waals surface area contributed by atoms with E-state index in [2.05, 4.69) is 43.8 Å². The number of para-hydroxylation sites is 1. The highest BCUT2D eigenvalue weighted by molar-refractivity contribution is 5.84. The molecule has 0 aliphatic rings. The molecule has 5 heteroatoms. The summed E-state index contributed by atoms with van der Waals surface area (Å²) in [7, 11) is 0. The molecule has 1 aromatic carbocycles. The molecule has 0 aliphatic heterocycles. The van der Waals surface area contributed by atoms with Crippen LogP contribution in [0.3, 0.4) is 0 Å². The Balaban J connectivity index is 1.88. The van der Waals surface area contributed by atoms with Crippen LogP contribution < -0.4 is 5.32 Å². The summed E-state index contributed by atoms with van der Waals surface area (Å²) in [5, 5.41) is 4.08. The third kappa shape index (κ3) is 2.97. The number of nitrogens with zero attached hydrogens (tertiary/aromatic N) is 3. The van der Waals surface area contributed by atoms with Crippen molar-refractivity contribution in [3.8, 4) is 0 Å². The summed E-state index contributed by atoms with van der Waals surface area (Å²) >= 11 is 0. The minimum Gasteiger partial charge on any atom is -0.355 e. The smallest absolute Gasteiger partial charge is 0.216 e. The molecule has 0 saturated carbocycles. The molecule has 3 aromatic rings. The Morgan fingerprint density at radius 1 is 1.33 bits per heavy atom. The van der Waals surface area contributed by atoms with Crippen LogP contribution in [0.2, 0.25) is 0 Å². The number of imidazole rings is 1. The Bertz CT molecular complexity index is 743. The number of nitrogens with one attached hydrogen (secondary N) is 1. The van der Waals surface area contributed by atoms with Crippen LogP contribution in [0.25, 0.3) is 10.9 Å². The fraction of sp³-hybridized carbons (Fsp3) is 0.250. The van der Waals surface area contributed by atoms with Gasteiger partial charge in [0, 0.05) is 49.5 Å². The van der Waals surface area contributed by atoms with E-state index in [1.165, 1.54) is 23.4 Å². The zero-order valence-electron chi connectivity index (χ0n) is 12.0. The maximum Gasteiger partial charge on any atom is 0.216 e. The summed E-state index contributed by atoms with van der Waals surface area (Å²) in [6.07, 6.45) is 7.73. The van der Waals surface area contributed by atoms with E-state index in [0.29, 0.717) is 6.54 Å². The lowest BCUT2D eigenvalue weighted by Gasteiger charge is -2.05. The fourth-order valence-electron chi connectivity index (χ4n) is 2.56. The SMILES string of the molecule is CC(=O)NCCn1cc(Cn2ccnc2)c2ccccc21. The zero-order valence-corrected chi connectivity index (χ0v) is 12.0. The molecular weight excluding hydrogens is 264 g/mol. The van der Waals surface area contributed by atoms with Crippen molar-refractivity contribution in [2.45, 2.75) is 20.0 Å². The van der Waals surface area contributed by atoms with Crippen LogP contribution in [0.15, 0.2) is 49.2 Å². The van der Waals surface area contributed by atoms with Gasteiger partial charge < -0.3 is 14.5 Å². The third-order valence-corrected chi connectivity index (χ3v) is 3.51. The normalized spacial score (nSPS) is 10.9. The second kappa shape index (κ2) is 5.83. The molecule has 1 N–H and O–H groups in total. The van der Waals surface area contributed by atoms with Gasteiger partial charge in [-0.1, -0.05) is 18.2 Å². The van der Waals surface area contributed by atoms with Crippen LogP contribution in [0.4, 0.5) is 0 Å². The van der Waals surface area contributed by atoms with Gasteiger partial charge in [0.15, 0.2) is 0 Å². The molecule has 1 amide bonds. The standard InChI is InChI=1S/C16H18N4O/c1-13(21)18-7-9-20-11-14(10-19-8-6-17-12-19)15-4-2-3-5-16(15)20/h2-6,8,11-12H,7,9-10H2,1H3,(H,18,21). The number of hydrogen-bond acceptors (Lipinski definition) is 2. The van der Waals surface area contributed by atoms with Gasteiger partial charge in [-0.3, -0.25) is 4.79 Å². The Hall–Kier alpha value is -2.56. The van der Waals surface area contributed by atoms with Gasteiger partial charge in [0.2, 0.25) is 5.91 Å². The van der Waals surface area contributed by atoms with Gasteiger partial charge in [0.25, 0.3) is 0 Å². The second-order valence-electron chi connectivity index (χ2n) is 5.08. The van der Waals surface area contributed by atoms with E-state index in [-0.39, 0.29) is 5.91 Å². The van der Waals surface area contributed by atoms with Crippen molar-refractivity contribution in [3.63, 3.8) is 0 Å². The molecule has 0 bridgehead atoms. The van der Waals surface area contributed by atoms with Gasteiger partial charge in [-0.05, 0) is 11.6 Å². The molecule has 2 aromatic heterocycles. The molecule has 21 heavy (non-hydrogen) atoms. The number of amides is 1. The molecule has 108 valence electrons. The number of hydrogen-bond donors (Lipinski definition) is 1. The van der Waals surface area contributed by atoms with Crippen LogP contribution in [0.1, 0.15) is 12.5 Å². The van der Waals surface area contributed by atoms with Crippen LogP contribution in [0, 0.1) is 0 Å². The number of carbonyl (C=O) groups excluding carboxylic acids is 1. The molecule has 0 spiro atoms. The zero-order chi connectivity index (χ0) is 14.7. The van der Waals surface area contributed by atoms with Crippen molar-refractivity contribution < 1.29 is 4.79 Å². The fourth-order valence-corrected chi connectivity index (χ4v) is 2.56. The van der Waals surface area contributed by atoms with Gasteiger partial charge in [-0.15, -0.1) is 0 Å². The average Bonchev–Trinajstić information content (AvgIpc) is 3.09. The second-order valence-corrected chi connectivity index (χ2v) is 5.08. The van der Waals surface area contributed by atoms with E-state index in [9.17, 15) is 4.79 Å². The number of fused-ring (bicyclic) bond motifs is 1. The van der Waals surface area contributed by atoms with Crippen molar-refractivity contribution in [2.75, 3.05) is 6.54 Å². The first kappa shape index (κ1) is 13.4. The van der Waals surface area contributed by atoms with Crippen molar-refractivity contribution >= 4 is 16.8 Å². The topological polar surface area (TPSA) is 51.9 Å². The highest BCUT2D eigenvalue weighted by Gasteiger charge is 2.08. The highest BCUT2D eigenvalue weighted by atomic mass is 16.1. The van der Waals surface area contributed by atoms with Crippen molar-refractivity contribution in [3.05, 3.63) is 54.7 Å². The summed E-state index contributed by atoms with van der Waals surface area (Å²) in [4.78, 5) is 15.1. The van der Waals surface area contributed by atoms with Gasteiger partial charge in [-0.25, -0.2) is 4.98 Å². The highest BCUT2D eigenvalue weighted by Crippen LogP contribution is 2.22. The molecule has 2 heterocycles. The Labute approximate surface area is 123 Å². The summed E-state index contributed by atoms with van der Waals surface area (Å²) in [6.45, 7) is 3.74. The summed E-state index contributed by atoms with van der Waals surface area (Å²) in [5.74, 6) is 0.00472. The third-order valence-electron chi connectivity index (χ3n) is 3.51. The molecule has 3 rings (SSSR count). The Kier molecular flexibility index (Phi) is 3.73. The number of aromatic nitrogens is 3. The number of carbonyl (C=O) groups is 1. The summed E-state index contributed by atoms with van der Waals surface area (Å²) in [5.41, 5.74) is 2.45. The van der Waals surface area contributed by atoms with Crippen molar-refractivity contribution in [1.29, 1.82) is 0 Å². The largest absolute Gasteiger partial charge is 0.355 e. The quantitative estimate of drug-likeness (QED) is 0.778. The maximum atomic E-state index is 11.0. The molecule has 5 nitrogen and oxygen atoms in total. The van der Waals surface area contributed by atoms with Gasteiger partial charge >= 0.3 is 0 Å². The van der Waals surface area contributed by atoms with Crippen LogP contribution >= 0.6 is 0 Å². The molecule has 0 radical (unpaired) electrons. The predicted octanol–water partition coefficient (Wildman–Crippen LogP) is 2.02. The lowest BCUT2D eigenvalue weighted by molar-refractivity contribution is -0.118. The summed E-state index contributed by atoms with van der Waals surface area (Å²) in [6, 6.07) is 8.34. The van der Waals surface area contributed by atoms with E-state index < -0.39 is 0 Å². The molecule has 0 unspecified atom stereocenters. The van der Waals surface area contributed by atoms with E-state index in [0.717, 1.165) is 13.1 Å². The summed E-state index contributed by atoms with van der Waals surface area (Å²) < 4.78 is 4.25. The molecule has 0 saturated heterocycles. The minimum absolute atomic E-state index is 0.00472. The molecule has 0 aliphatic carbocycles.